The Labute approximate surface area is 123 Å². The van der Waals surface area contributed by atoms with Gasteiger partial charge in [0.2, 0.25) is 5.91 Å². The summed E-state index contributed by atoms with van der Waals surface area (Å²) in [6.07, 6.45) is 8.61. The van der Waals surface area contributed by atoms with Gasteiger partial charge in [0.15, 0.2) is 0 Å². The SMILES string of the molecule is CCCCCCCN(CCCO)C(=O)CC1CCNC1. The molecule has 1 saturated heterocycles. The lowest BCUT2D eigenvalue weighted by molar-refractivity contribution is -0.132. The zero-order valence-corrected chi connectivity index (χ0v) is 13.1. The lowest BCUT2D eigenvalue weighted by Crippen LogP contribution is -2.34. The molecule has 1 unspecified atom stereocenters. The average molecular weight is 284 g/mol. The number of aliphatic hydroxyl groups is 1. The highest BCUT2D eigenvalue weighted by atomic mass is 16.3. The molecular weight excluding hydrogens is 252 g/mol. The van der Waals surface area contributed by atoms with Crippen LogP contribution in [0.3, 0.4) is 0 Å². The largest absolute Gasteiger partial charge is 0.396 e. The second-order valence-corrected chi connectivity index (χ2v) is 5.94. The van der Waals surface area contributed by atoms with Crippen molar-refractivity contribution >= 4 is 5.91 Å². The Kier molecular flexibility index (Phi) is 9.67. The van der Waals surface area contributed by atoms with Crippen LogP contribution in [0, 0.1) is 5.92 Å². The Morgan fingerprint density at radius 1 is 1.20 bits per heavy atom. The summed E-state index contributed by atoms with van der Waals surface area (Å²) in [5.41, 5.74) is 0. The number of rotatable bonds is 11. The van der Waals surface area contributed by atoms with Gasteiger partial charge >= 0.3 is 0 Å². The van der Waals surface area contributed by atoms with Gasteiger partial charge in [0.1, 0.15) is 0 Å². The minimum atomic E-state index is 0.171. The number of carbonyl (C=O) groups excluding carboxylic acids is 1. The Balaban J connectivity index is 2.27. The molecule has 1 heterocycles. The molecule has 1 rings (SSSR count). The van der Waals surface area contributed by atoms with E-state index in [0.717, 1.165) is 32.5 Å². The molecular formula is C16H32N2O2. The summed E-state index contributed by atoms with van der Waals surface area (Å²) in [4.78, 5) is 14.3. The van der Waals surface area contributed by atoms with E-state index in [4.69, 9.17) is 5.11 Å². The van der Waals surface area contributed by atoms with Crippen molar-refractivity contribution in [2.75, 3.05) is 32.8 Å². The van der Waals surface area contributed by atoms with Crippen LogP contribution in [0.2, 0.25) is 0 Å². The minimum Gasteiger partial charge on any atom is -0.396 e. The Morgan fingerprint density at radius 3 is 2.60 bits per heavy atom. The fourth-order valence-electron chi connectivity index (χ4n) is 2.79. The number of nitrogens with zero attached hydrogens (tertiary/aromatic N) is 1. The van der Waals surface area contributed by atoms with Gasteiger partial charge in [0, 0.05) is 26.1 Å². The molecule has 4 heteroatoms. The van der Waals surface area contributed by atoms with E-state index in [2.05, 4.69) is 12.2 Å². The van der Waals surface area contributed by atoms with Crippen LogP contribution in [0.15, 0.2) is 0 Å². The van der Waals surface area contributed by atoms with Crippen LogP contribution in [0.1, 0.15) is 58.3 Å². The highest BCUT2D eigenvalue weighted by Crippen LogP contribution is 2.15. The van der Waals surface area contributed by atoms with Crippen molar-refractivity contribution in [3.8, 4) is 0 Å². The van der Waals surface area contributed by atoms with Gasteiger partial charge in [-0.25, -0.2) is 0 Å². The third-order valence-electron chi connectivity index (χ3n) is 4.10. The van der Waals surface area contributed by atoms with E-state index >= 15 is 0 Å². The second-order valence-electron chi connectivity index (χ2n) is 5.94. The first-order chi connectivity index (χ1) is 9.77. The summed E-state index contributed by atoms with van der Waals surface area (Å²) < 4.78 is 0. The van der Waals surface area contributed by atoms with Crippen molar-refractivity contribution in [1.82, 2.24) is 10.2 Å². The number of hydrogen-bond acceptors (Lipinski definition) is 3. The Bertz CT molecular complexity index is 253. The smallest absolute Gasteiger partial charge is 0.222 e. The summed E-state index contributed by atoms with van der Waals surface area (Å²) in [5, 5.41) is 12.3. The van der Waals surface area contributed by atoms with Crippen molar-refractivity contribution in [3.05, 3.63) is 0 Å². The van der Waals surface area contributed by atoms with Gasteiger partial charge in [-0.05, 0) is 38.3 Å². The maximum atomic E-state index is 12.3. The zero-order valence-electron chi connectivity index (χ0n) is 13.1. The third-order valence-corrected chi connectivity index (χ3v) is 4.10. The maximum Gasteiger partial charge on any atom is 0.222 e. The molecule has 1 aliphatic heterocycles. The first kappa shape index (κ1) is 17.4. The molecule has 1 amide bonds. The first-order valence-electron chi connectivity index (χ1n) is 8.37. The number of carbonyl (C=O) groups is 1. The summed E-state index contributed by atoms with van der Waals surface area (Å²) in [5.74, 6) is 0.793. The second kappa shape index (κ2) is 11.1. The molecule has 0 spiro atoms. The third kappa shape index (κ3) is 7.25. The molecule has 0 aromatic heterocycles. The van der Waals surface area contributed by atoms with Crippen LogP contribution in [-0.4, -0.2) is 48.7 Å². The first-order valence-corrected chi connectivity index (χ1v) is 8.37. The highest BCUT2D eigenvalue weighted by Gasteiger charge is 2.21. The molecule has 118 valence electrons. The van der Waals surface area contributed by atoms with E-state index in [1.54, 1.807) is 0 Å². The van der Waals surface area contributed by atoms with Crippen LogP contribution in [0.25, 0.3) is 0 Å². The summed E-state index contributed by atoms with van der Waals surface area (Å²) in [6, 6.07) is 0. The molecule has 1 fully saturated rings. The van der Waals surface area contributed by atoms with Gasteiger partial charge < -0.3 is 15.3 Å². The van der Waals surface area contributed by atoms with E-state index < -0.39 is 0 Å². The van der Waals surface area contributed by atoms with E-state index in [0.29, 0.717) is 25.3 Å². The van der Waals surface area contributed by atoms with Crippen molar-refractivity contribution in [2.24, 2.45) is 5.92 Å². The number of hydrogen-bond donors (Lipinski definition) is 2. The quantitative estimate of drug-likeness (QED) is 0.572. The molecule has 0 aromatic carbocycles. The van der Waals surface area contributed by atoms with E-state index in [-0.39, 0.29) is 12.5 Å². The van der Waals surface area contributed by atoms with Gasteiger partial charge in [0.25, 0.3) is 0 Å². The molecule has 0 bridgehead atoms. The number of aliphatic hydroxyl groups excluding tert-OH is 1. The molecule has 20 heavy (non-hydrogen) atoms. The fourth-order valence-corrected chi connectivity index (χ4v) is 2.79. The number of unbranched alkanes of at least 4 members (excludes halogenated alkanes) is 4. The van der Waals surface area contributed by atoms with E-state index in [9.17, 15) is 4.79 Å². The molecule has 1 aliphatic rings. The fraction of sp³-hybridized carbons (Fsp3) is 0.938. The molecule has 0 aliphatic carbocycles. The van der Waals surface area contributed by atoms with Crippen LogP contribution < -0.4 is 5.32 Å². The normalized spacial score (nSPS) is 18.4. The minimum absolute atomic E-state index is 0.171. The predicted molar refractivity (Wildman–Crippen MR) is 82.6 cm³/mol. The van der Waals surface area contributed by atoms with Crippen LogP contribution >= 0.6 is 0 Å². The lowest BCUT2D eigenvalue weighted by Gasteiger charge is -2.24. The van der Waals surface area contributed by atoms with Crippen molar-refractivity contribution in [2.45, 2.75) is 58.3 Å². The zero-order chi connectivity index (χ0) is 14.6. The van der Waals surface area contributed by atoms with Crippen molar-refractivity contribution in [3.63, 3.8) is 0 Å². The van der Waals surface area contributed by atoms with Crippen molar-refractivity contribution < 1.29 is 9.90 Å². The van der Waals surface area contributed by atoms with Crippen LogP contribution in [0.5, 0.6) is 0 Å². The van der Waals surface area contributed by atoms with Gasteiger partial charge in [-0.1, -0.05) is 32.6 Å². The van der Waals surface area contributed by atoms with Crippen LogP contribution in [-0.2, 0) is 4.79 Å². The molecule has 2 N–H and O–H groups in total. The maximum absolute atomic E-state index is 12.3. The molecule has 1 atom stereocenters. The molecule has 4 nitrogen and oxygen atoms in total. The highest BCUT2D eigenvalue weighted by molar-refractivity contribution is 5.76. The topological polar surface area (TPSA) is 52.6 Å². The van der Waals surface area contributed by atoms with Gasteiger partial charge in [0.05, 0.1) is 0 Å². The molecule has 0 radical (unpaired) electrons. The average Bonchev–Trinajstić information content (AvgIpc) is 2.94. The van der Waals surface area contributed by atoms with E-state index in [1.165, 1.54) is 25.7 Å². The summed E-state index contributed by atoms with van der Waals surface area (Å²) >= 11 is 0. The van der Waals surface area contributed by atoms with Crippen LogP contribution in [0.4, 0.5) is 0 Å². The predicted octanol–water partition coefficient (Wildman–Crippen LogP) is 2.17. The summed E-state index contributed by atoms with van der Waals surface area (Å²) in [6.45, 7) is 5.99. The number of nitrogens with one attached hydrogen (secondary N) is 1. The lowest BCUT2D eigenvalue weighted by atomic mass is 10.0. The Morgan fingerprint density at radius 2 is 1.95 bits per heavy atom. The van der Waals surface area contributed by atoms with E-state index in [1.807, 2.05) is 4.90 Å². The monoisotopic (exact) mass is 284 g/mol. The van der Waals surface area contributed by atoms with Gasteiger partial charge in [-0.3, -0.25) is 4.79 Å². The molecule has 0 aromatic rings. The number of amides is 1. The Hall–Kier alpha value is -0.610. The van der Waals surface area contributed by atoms with Gasteiger partial charge in [-0.15, -0.1) is 0 Å². The van der Waals surface area contributed by atoms with Gasteiger partial charge in [-0.2, -0.15) is 0 Å². The standard InChI is InChI=1S/C16H32N2O2/c1-2-3-4-5-6-10-18(11-7-12-19)16(20)13-15-8-9-17-14-15/h15,17,19H,2-14H2,1H3. The summed E-state index contributed by atoms with van der Waals surface area (Å²) in [7, 11) is 0. The van der Waals surface area contributed by atoms with Crippen molar-refractivity contribution in [1.29, 1.82) is 0 Å². The molecule has 0 saturated carbocycles.